The van der Waals surface area contributed by atoms with E-state index in [9.17, 15) is 14.4 Å². The van der Waals surface area contributed by atoms with Crippen LogP contribution >= 0.6 is 15.9 Å². The van der Waals surface area contributed by atoms with Crippen LogP contribution in [-0.2, 0) is 20.9 Å². The van der Waals surface area contributed by atoms with Crippen molar-refractivity contribution in [3.63, 3.8) is 0 Å². The summed E-state index contributed by atoms with van der Waals surface area (Å²) in [4.78, 5) is 41.8. The molecule has 0 saturated carbocycles. The van der Waals surface area contributed by atoms with Gasteiger partial charge >= 0.3 is 0 Å². The molecule has 1 aromatic heterocycles. The van der Waals surface area contributed by atoms with E-state index < -0.39 is 6.04 Å². The second-order valence-electron chi connectivity index (χ2n) is 7.75. The lowest BCUT2D eigenvalue weighted by molar-refractivity contribution is -0.152. The maximum Gasteiger partial charge on any atom is 0.246 e. The van der Waals surface area contributed by atoms with Crippen LogP contribution in [0, 0.1) is 17.8 Å². The number of likely N-dealkylation sites (tertiary alicyclic amines) is 1. The monoisotopic (exact) mass is 436 g/mol. The van der Waals surface area contributed by atoms with Crippen molar-refractivity contribution in [2.24, 2.45) is 17.8 Å². The van der Waals surface area contributed by atoms with E-state index in [4.69, 9.17) is 4.42 Å². The molecule has 0 aromatic carbocycles. The number of rotatable bonds is 6. The minimum Gasteiger partial charge on any atom is -0.452 e. The van der Waals surface area contributed by atoms with Gasteiger partial charge < -0.3 is 9.32 Å². The number of halogens is 1. The fraction of sp³-hybridized carbons (Fsp3) is 0.550. The average Bonchev–Trinajstić information content (AvgIpc) is 3.14. The molecule has 2 aliphatic rings. The Morgan fingerprint density at radius 2 is 1.81 bits per heavy atom. The molecule has 7 heteroatoms. The number of imide groups is 1. The van der Waals surface area contributed by atoms with Crippen molar-refractivity contribution in [2.45, 2.75) is 45.7 Å². The number of allylic oxidation sites excluding steroid dienone is 2. The standard InChI is InChI=1S/C20H25BrN2O4/c1-12(2)10-16(20(26)22(3)11-13-8-9-17(21)27-13)23-18(24)14-6-4-5-7-15(14)19(23)25/h4-5,8-9,12,14-16H,6-7,10-11H2,1-3H3. The van der Waals surface area contributed by atoms with E-state index in [2.05, 4.69) is 15.9 Å². The highest BCUT2D eigenvalue weighted by Gasteiger charge is 2.51. The first-order valence-corrected chi connectivity index (χ1v) is 10.1. The predicted octanol–water partition coefficient (Wildman–Crippen LogP) is 3.37. The summed E-state index contributed by atoms with van der Waals surface area (Å²) >= 11 is 3.25. The third-order valence-electron chi connectivity index (χ3n) is 5.23. The Kier molecular flexibility index (Phi) is 5.89. The smallest absolute Gasteiger partial charge is 0.246 e. The molecule has 0 N–H and O–H groups in total. The van der Waals surface area contributed by atoms with Crippen molar-refractivity contribution in [1.82, 2.24) is 9.80 Å². The third kappa shape index (κ3) is 4.03. The van der Waals surface area contributed by atoms with E-state index in [0.29, 0.717) is 29.7 Å². The Hall–Kier alpha value is -1.89. The number of furan rings is 1. The topological polar surface area (TPSA) is 70.8 Å². The van der Waals surface area contributed by atoms with E-state index in [1.807, 2.05) is 26.0 Å². The van der Waals surface area contributed by atoms with Gasteiger partial charge in [-0.3, -0.25) is 19.3 Å². The number of fused-ring (bicyclic) bond motifs is 1. The SMILES string of the molecule is CC(C)CC(C(=O)N(C)Cc1ccc(Br)o1)N1C(=O)C2CC=CCC2C1=O. The molecule has 3 unspecified atom stereocenters. The molecule has 146 valence electrons. The molecule has 0 radical (unpaired) electrons. The van der Waals surface area contributed by atoms with Crippen molar-refractivity contribution in [2.75, 3.05) is 7.05 Å². The number of hydrogen-bond donors (Lipinski definition) is 0. The van der Waals surface area contributed by atoms with Crippen LogP contribution in [0.3, 0.4) is 0 Å². The molecule has 27 heavy (non-hydrogen) atoms. The molecule has 3 atom stereocenters. The number of carbonyl (C=O) groups is 3. The maximum atomic E-state index is 13.2. The van der Waals surface area contributed by atoms with Crippen molar-refractivity contribution in [1.29, 1.82) is 0 Å². The minimum absolute atomic E-state index is 0.173. The summed E-state index contributed by atoms with van der Waals surface area (Å²) in [6.07, 6.45) is 5.51. The van der Waals surface area contributed by atoms with Gasteiger partial charge in [0.25, 0.3) is 0 Å². The van der Waals surface area contributed by atoms with Gasteiger partial charge in [-0.15, -0.1) is 0 Å². The van der Waals surface area contributed by atoms with Crippen LogP contribution in [0.1, 0.15) is 38.9 Å². The van der Waals surface area contributed by atoms with Crippen molar-refractivity contribution in [3.8, 4) is 0 Å². The molecule has 1 fully saturated rings. The summed E-state index contributed by atoms with van der Waals surface area (Å²) < 4.78 is 6.07. The maximum absolute atomic E-state index is 13.2. The molecule has 3 rings (SSSR count). The number of carbonyl (C=O) groups excluding carboxylic acids is 3. The van der Waals surface area contributed by atoms with Crippen LogP contribution in [0.25, 0.3) is 0 Å². The third-order valence-corrected chi connectivity index (χ3v) is 5.66. The highest BCUT2D eigenvalue weighted by molar-refractivity contribution is 9.10. The van der Waals surface area contributed by atoms with E-state index in [1.54, 1.807) is 19.2 Å². The molecule has 0 bridgehead atoms. The van der Waals surface area contributed by atoms with Crippen molar-refractivity contribution in [3.05, 3.63) is 34.7 Å². The Morgan fingerprint density at radius 3 is 2.30 bits per heavy atom. The van der Waals surface area contributed by atoms with Gasteiger partial charge in [0, 0.05) is 7.05 Å². The number of nitrogens with zero attached hydrogens (tertiary/aromatic N) is 2. The van der Waals surface area contributed by atoms with Crippen molar-refractivity contribution >= 4 is 33.7 Å². The summed E-state index contributed by atoms with van der Waals surface area (Å²) in [7, 11) is 1.67. The van der Waals surface area contributed by atoms with Crippen LogP contribution in [0.4, 0.5) is 0 Å². The molecule has 1 aliphatic heterocycles. The molecule has 1 aliphatic carbocycles. The highest BCUT2D eigenvalue weighted by atomic mass is 79.9. The highest BCUT2D eigenvalue weighted by Crippen LogP contribution is 2.37. The normalized spacial score (nSPS) is 23.1. The quantitative estimate of drug-likeness (QED) is 0.506. The van der Waals surface area contributed by atoms with E-state index in [0.717, 1.165) is 0 Å². The predicted molar refractivity (Wildman–Crippen MR) is 103 cm³/mol. The van der Waals surface area contributed by atoms with Gasteiger partial charge in [0.1, 0.15) is 11.8 Å². The lowest BCUT2D eigenvalue weighted by Gasteiger charge is -2.30. The van der Waals surface area contributed by atoms with Gasteiger partial charge in [-0.2, -0.15) is 0 Å². The summed E-state index contributed by atoms with van der Waals surface area (Å²) in [5.74, 6) is -0.480. The average molecular weight is 437 g/mol. The Morgan fingerprint density at radius 1 is 1.22 bits per heavy atom. The molecular formula is C20H25BrN2O4. The van der Waals surface area contributed by atoms with Crippen LogP contribution in [0.2, 0.25) is 0 Å². The Bertz CT molecular complexity index is 744. The first-order valence-electron chi connectivity index (χ1n) is 9.30. The molecule has 2 heterocycles. The molecule has 1 aromatic rings. The second kappa shape index (κ2) is 8.00. The van der Waals surface area contributed by atoms with Crippen LogP contribution in [0.15, 0.2) is 33.4 Å². The number of likely N-dealkylation sites (N-methyl/N-ethyl adjacent to an activating group) is 1. The fourth-order valence-corrected chi connectivity index (χ4v) is 4.24. The van der Waals surface area contributed by atoms with Gasteiger partial charge in [-0.05, 0) is 53.2 Å². The Labute approximate surface area is 167 Å². The van der Waals surface area contributed by atoms with Crippen LogP contribution < -0.4 is 0 Å². The number of hydrogen-bond acceptors (Lipinski definition) is 4. The van der Waals surface area contributed by atoms with Gasteiger partial charge in [0.15, 0.2) is 4.67 Å². The summed E-state index contributed by atoms with van der Waals surface area (Å²) in [5.41, 5.74) is 0. The molecule has 1 saturated heterocycles. The number of amides is 3. The molecular weight excluding hydrogens is 412 g/mol. The van der Waals surface area contributed by atoms with Crippen molar-refractivity contribution < 1.29 is 18.8 Å². The van der Waals surface area contributed by atoms with Crippen LogP contribution in [-0.4, -0.2) is 40.6 Å². The zero-order chi connectivity index (χ0) is 19.7. The van der Waals surface area contributed by atoms with Crippen LogP contribution in [0.5, 0.6) is 0 Å². The summed E-state index contributed by atoms with van der Waals surface area (Å²) in [6.45, 7) is 4.26. The molecule has 3 amide bonds. The summed E-state index contributed by atoms with van der Waals surface area (Å²) in [5, 5.41) is 0. The lowest BCUT2D eigenvalue weighted by atomic mass is 9.85. The molecule has 0 spiro atoms. The van der Waals surface area contributed by atoms with E-state index in [1.165, 1.54) is 9.80 Å². The fourth-order valence-electron chi connectivity index (χ4n) is 3.90. The Balaban J connectivity index is 1.81. The zero-order valence-corrected chi connectivity index (χ0v) is 17.4. The first-order chi connectivity index (χ1) is 12.8. The minimum atomic E-state index is -0.765. The van der Waals surface area contributed by atoms with Gasteiger partial charge in [0.05, 0.1) is 18.4 Å². The van der Waals surface area contributed by atoms with Gasteiger partial charge in [0.2, 0.25) is 17.7 Å². The zero-order valence-electron chi connectivity index (χ0n) is 15.9. The van der Waals surface area contributed by atoms with Gasteiger partial charge in [-0.25, -0.2) is 0 Å². The lowest BCUT2D eigenvalue weighted by Crippen LogP contribution is -2.50. The first kappa shape index (κ1) is 19.9. The van der Waals surface area contributed by atoms with Gasteiger partial charge in [-0.1, -0.05) is 26.0 Å². The summed E-state index contributed by atoms with van der Waals surface area (Å²) in [6, 6.07) is 2.79. The van der Waals surface area contributed by atoms with E-state index >= 15 is 0 Å². The molecule has 6 nitrogen and oxygen atoms in total. The second-order valence-corrected chi connectivity index (χ2v) is 8.53. The largest absolute Gasteiger partial charge is 0.452 e. The van der Waals surface area contributed by atoms with E-state index in [-0.39, 0.29) is 42.0 Å².